The molecule has 0 amide bonds. The molecule has 4 N–H and O–H groups in total. The molecule has 3 aromatic rings. The molecular formula is C18H15ClN4O. The summed E-state index contributed by atoms with van der Waals surface area (Å²) in [6.07, 6.45) is 4.51. The number of allylic oxidation sites excluding steroid dienone is 1. The summed E-state index contributed by atoms with van der Waals surface area (Å²) in [5.74, 6) is 0. The van der Waals surface area contributed by atoms with Crippen molar-refractivity contribution >= 4 is 50.8 Å². The molecule has 0 aliphatic carbocycles. The van der Waals surface area contributed by atoms with Crippen LogP contribution in [-0.2, 0) is 0 Å². The van der Waals surface area contributed by atoms with Gasteiger partial charge in [0.15, 0.2) is 5.43 Å². The molecule has 0 radical (unpaired) electrons. The largest absolute Gasteiger partial charge is 0.398 e. The first-order valence-electron chi connectivity index (χ1n) is 7.26. The number of hydrogen-bond acceptors (Lipinski definition) is 5. The van der Waals surface area contributed by atoms with Gasteiger partial charge < -0.3 is 16.5 Å². The van der Waals surface area contributed by atoms with Gasteiger partial charge in [-0.05, 0) is 23.6 Å². The van der Waals surface area contributed by atoms with Crippen LogP contribution in [0.1, 0.15) is 5.56 Å². The van der Waals surface area contributed by atoms with Gasteiger partial charge in [0.1, 0.15) is 0 Å². The molecule has 6 heteroatoms. The van der Waals surface area contributed by atoms with Crippen molar-refractivity contribution in [3.05, 3.63) is 63.5 Å². The molecule has 0 aliphatic heterocycles. The van der Waals surface area contributed by atoms with Gasteiger partial charge >= 0.3 is 0 Å². The van der Waals surface area contributed by atoms with Crippen molar-refractivity contribution in [2.75, 3.05) is 12.8 Å². The van der Waals surface area contributed by atoms with E-state index in [4.69, 9.17) is 22.7 Å². The van der Waals surface area contributed by atoms with Crippen molar-refractivity contribution in [1.82, 2.24) is 10.3 Å². The number of halogens is 1. The first-order valence-corrected chi connectivity index (χ1v) is 7.63. The number of nitrogen functional groups attached to an aromatic ring is 1. The van der Waals surface area contributed by atoms with E-state index in [0.717, 1.165) is 0 Å². The van der Waals surface area contributed by atoms with Crippen molar-refractivity contribution in [3.8, 4) is 0 Å². The van der Waals surface area contributed by atoms with Gasteiger partial charge in [-0.1, -0.05) is 23.7 Å². The van der Waals surface area contributed by atoms with Gasteiger partial charge in [-0.15, -0.1) is 0 Å². The minimum atomic E-state index is -0.231. The molecule has 120 valence electrons. The Morgan fingerprint density at radius 1 is 1.33 bits per heavy atom. The summed E-state index contributed by atoms with van der Waals surface area (Å²) in [4.78, 5) is 17.4. The van der Waals surface area contributed by atoms with Gasteiger partial charge in [0.25, 0.3) is 0 Å². The lowest BCUT2D eigenvalue weighted by Crippen LogP contribution is -2.03. The van der Waals surface area contributed by atoms with E-state index in [1.165, 1.54) is 6.21 Å². The molecule has 24 heavy (non-hydrogen) atoms. The van der Waals surface area contributed by atoms with Gasteiger partial charge in [-0.3, -0.25) is 9.78 Å². The van der Waals surface area contributed by atoms with Crippen LogP contribution in [0.4, 0.5) is 5.69 Å². The van der Waals surface area contributed by atoms with E-state index < -0.39 is 0 Å². The van der Waals surface area contributed by atoms with Crippen LogP contribution in [0.15, 0.2) is 47.5 Å². The third-order valence-electron chi connectivity index (χ3n) is 3.80. The average Bonchev–Trinajstić information content (AvgIpc) is 2.73. The van der Waals surface area contributed by atoms with Crippen LogP contribution in [0.2, 0.25) is 5.02 Å². The molecule has 1 aromatic heterocycles. The summed E-state index contributed by atoms with van der Waals surface area (Å²) in [6, 6.07) is 8.75. The number of nitrogens with two attached hydrogens (primary N) is 1. The molecule has 0 unspecified atom stereocenters. The smallest absolute Gasteiger partial charge is 0.197 e. The molecule has 0 saturated carbocycles. The molecule has 0 fully saturated rings. The highest BCUT2D eigenvalue weighted by Crippen LogP contribution is 2.27. The Hall–Kier alpha value is -2.92. The van der Waals surface area contributed by atoms with Crippen LogP contribution >= 0.6 is 11.6 Å². The Morgan fingerprint density at radius 2 is 2.08 bits per heavy atom. The number of rotatable bonds is 3. The second-order valence-electron chi connectivity index (χ2n) is 5.28. The minimum Gasteiger partial charge on any atom is -0.398 e. The van der Waals surface area contributed by atoms with Gasteiger partial charge in [0, 0.05) is 42.2 Å². The predicted molar refractivity (Wildman–Crippen MR) is 101 cm³/mol. The van der Waals surface area contributed by atoms with Gasteiger partial charge in [0.05, 0.1) is 21.6 Å². The number of benzene rings is 1. The lowest BCUT2D eigenvalue weighted by Gasteiger charge is -2.03. The normalized spacial score (nSPS) is 11.7. The maximum atomic E-state index is 13.0. The zero-order valence-electron chi connectivity index (χ0n) is 12.9. The Balaban J connectivity index is 2.45. The fourth-order valence-electron chi connectivity index (χ4n) is 2.59. The molecule has 0 aliphatic rings. The summed E-state index contributed by atoms with van der Waals surface area (Å²) in [5.41, 5.74) is 7.82. The first kappa shape index (κ1) is 16.0. The Kier molecular flexibility index (Phi) is 4.18. The molecule has 2 aromatic carbocycles. The van der Waals surface area contributed by atoms with Gasteiger partial charge in [0.2, 0.25) is 0 Å². The highest BCUT2D eigenvalue weighted by atomic mass is 35.5. The SMILES string of the molecule is CN/C=C(\C=N)c1cnc2ccc3ccc(N)c(Cl)c3c(=O)c2c1. The number of aromatic nitrogens is 1. The van der Waals surface area contributed by atoms with Crippen molar-refractivity contribution in [2.45, 2.75) is 0 Å². The van der Waals surface area contributed by atoms with E-state index in [0.29, 0.717) is 38.5 Å². The van der Waals surface area contributed by atoms with Crippen LogP contribution in [0, 0.1) is 5.41 Å². The monoisotopic (exact) mass is 338 g/mol. The number of anilines is 1. The number of nitrogens with one attached hydrogen (secondary N) is 2. The molecule has 0 bridgehead atoms. The molecule has 0 atom stereocenters. The van der Waals surface area contributed by atoms with E-state index in [1.807, 2.05) is 0 Å². The van der Waals surface area contributed by atoms with Crippen molar-refractivity contribution in [1.29, 1.82) is 5.41 Å². The fraction of sp³-hybridized carbons (Fsp3) is 0.0556. The second kappa shape index (κ2) is 6.29. The minimum absolute atomic E-state index is 0.231. The number of nitrogens with zero attached hydrogens (tertiary/aromatic N) is 1. The quantitative estimate of drug-likeness (QED) is 0.505. The molecule has 0 spiro atoms. The average molecular weight is 339 g/mol. The fourth-order valence-corrected chi connectivity index (χ4v) is 2.85. The van der Waals surface area contributed by atoms with Gasteiger partial charge in [-0.2, -0.15) is 0 Å². The summed E-state index contributed by atoms with van der Waals surface area (Å²) in [7, 11) is 1.74. The first-order chi connectivity index (χ1) is 11.6. The number of hydrogen-bond donors (Lipinski definition) is 3. The molecule has 0 saturated heterocycles. The molecule has 5 nitrogen and oxygen atoms in total. The third kappa shape index (κ3) is 2.59. The van der Waals surface area contributed by atoms with Crippen molar-refractivity contribution in [2.24, 2.45) is 0 Å². The van der Waals surface area contributed by atoms with Crippen LogP contribution in [0.5, 0.6) is 0 Å². The maximum Gasteiger partial charge on any atom is 0.197 e. The van der Waals surface area contributed by atoms with Crippen LogP contribution in [0.25, 0.3) is 27.2 Å². The van der Waals surface area contributed by atoms with Crippen LogP contribution < -0.4 is 16.5 Å². The third-order valence-corrected chi connectivity index (χ3v) is 4.21. The van der Waals surface area contributed by atoms with Gasteiger partial charge in [-0.25, -0.2) is 0 Å². The van der Waals surface area contributed by atoms with Crippen molar-refractivity contribution in [3.63, 3.8) is 0 Å². The highest BCUT2D eigenvalue weighted by molar-refractivity contribution is 6.38. The highest BCUT2D eigenvalue weighted by Gasteiger charge is 2.10. The van der Waals surface area contributed by atoms with E-state index in [-0.39, 0.29) is 10.5 Å². The predicted octanol–water partition coefficient (Wildman–Crippen LogP) is 3.19. The van der Waals surface area contributed by atoms with E-state index in [2.05, 4.69) is 10.3 Å². The van der Waals surface area contributed by atoms with E-state index >= 15 is 0 Å². The Labute approximate surface area is 143 Å². The van der Waals surface area contributed by atoms with Crippen LogP contribution in [0.3, 0.4) is 0 Å². The maximum absolute atomic E-state index is 13.0. The van der Waals surface area contributed by atoms with Crippen LogP contribution in [-0.4, -0.2) is 18.2 Å². The summed E-state index contributed by atoms with van der Waals surface area (Å²) in [6.45, 7) is 0. The standard InChI is InChI=1S/C18H15ClN4O/c1-22-8-12(7-20)11-6-13-15(23-9-11)5-3-10-2-4-14(21)17(19)16(10)18(13)24/h2-9,20,22H,21H2,1H3/b12-8+,20-7?. The molecular weight excluding hydrogens is 324 g/mol. The summed E-state index contributed by atoms with van der Waals surface area (Å²) >= 11 is 6.27. The van der Waals surface area contributed by atoms with E-state index in [1.54, 1.807) is 49.8 Å². The van der Waals surface area contributed by atoms with E-state index in [9.17, 15) is 4.79 Å². The molecule has 3 rings (SSSR count). The zero-order valence-corrected chi connectivity index (χ0v) is 13.7. The summed E-state index contributed by atoms with van der Waals surface area (Å²) in [5, 5.41) is 12.1. The second-order valence-corrected chi connectivity index (χ2v) is 5.66. The lowest BCUT2D eigenvalue weighted by atomic mass is 10.1. The Morgan fingerprint density at radius 3 is 2.79 bits per heavy atom. The lowest BCUT2D eigenvalue weighted by molar-refractivity contribution is 1.11. The van der Waals surface area contributed by atoms with Crippen molar-refractivity contribution < 1.29 is 0 Å². The Bertz CT molecular complexity index is 1060. The molecule has 1 heterocycles. The number of pyridine rings is 1. The zero-order chi connectivity index (χ0) is 17.3. The number of fused-ring (bicyclic) bond motifs is 2. The topological polar surface area (TPSA) is 91.9 Å². The summed E-state index contributed by atoms with van der Waals surface area (Å²) < 4.78 is 0.